The molecular formula is C31H34ClF3N3O3P. The highest BCUT2D eigenvalue weighted by atomic mass is 35.5. The first-order chi connectivity index (χ1) is 19.6. The standard InChI is InChI=1S/C31H34ClF3N3O3P/c1-6-42(40,7-2)30(18-22-11-14-26(32)15-12-22,24-10-8-9-23(17-24)19-36)21(3)38-28(39)29(4,5)41-27-16-13-25(20-37-27)31(33,34)35/h8-17,20-21H,6-7,18H2,1-5H3,(H,38,39)/t21-,30?/m0/s1. The number of hydrogen-bond acceptors (Lipinski definition) is 5. The fourth-order valence-electron chi connectivity index (χ4n) is 5.20. The summed E-state index contributed by atoms with van der Waals surface area (Å²) in [4.78, 5) is 17.4. The first-order valence-corrected chi connectivity index (χ1v) is 15.9. The van der Waals surface area contributed by atoms with Crippen LogP contribution in [0, 0.1) is 11.3 Å². The molecule has 0 radical (unpaired) electrons. The van der Waals surface area contributed by atoms with Gasteiger partial charge in [0, 0.05) is 23.3 Å². The van der Waals surface area contributed by atoms with E-state index in [-0.39, 0.29) is 12.3 Å². The molecule has 0 aliphatic carbocycles. The zero-order valence-corrected chi connectivity index (χ0v) is 25.8. The Labute approximate surface area is 249 Å². The van der Waals surface area contributed by atoms with Crippen molar-refractivity contribution in [2.24, 2.45) is 0 Å². The average molecular weight is 620 g/mol. The van der Waals surface area contributed by atoms with E-state index >= 15 is 0 Å². The number of alkyl halides is 3. The predicted octanol–water partition coefficient (Wildman–Crippen LogP) is 7.83. The number of amides is 1. The summed E-state index contributed by atoms with van der Waals surface area (Å²) in [5.41, 5.74) is -0.604. The van der Waals surface area contributed by atoms with Crippen LogP contribution in [0.4, 0.5) is 13.2 Å². The first-order valence-electron chi connectivity index (χ1n) is 13.5. The summed E-state index contributed by atoms with van der Waals surface area (Å²) >= 11 is 6.14. The normalized spacial score (nSPS) is 14.4. The number of aromatic nitrogens is 1. The van der Waals surface area contributed by atoms with Gasteiger partial charge in [-0.25, -0.2) is 4.98 Å². The van der Waals surface area contributed by atoms with Crippen LogP contribution in [0.5, 0.6) is 5.88 Å². The number of pyridine rings is 1. The van der Waals surface area contributed by atoms with E-state index in [0.717, 1.165) is 17.7 Å². The Balaban J connectivity index is 2.08. The van der Waals surface area contributed by atoms with Crippen LogP contribution in [0.25, 0.3) is 0 Å². The third-order valence-corrected chi connectivity index (χ3v) is 12.2. The molecular weight excluding hydrogens is 586 g/mol. The number of carbonyl (C=O) groups excluding carboxylic acids is 1. The number of halogens is 4. The molecule has 0 saturated heterocycles. The number of benzene rings is 2. The molecule has 6 nitrogen and oxygen atoms in total. The summed E-state index contributed by atoms with van der Waals surface area (Å²) in [5, 5.41) is 12.1. The van der Waals surface area contributed by atoms with Gasteiger partial charge in [0.15, 0.2) is 5.60 Å². The summed E-state index contributed by atoms with van der Waals surface area (Å²) in [6.45, 7) is 8.44. The summed E-state index contributed by atoms with van der Waals surface area (Å²) in [5.74, 6) is -0.731. The molecule has 0 fully saturated rings. The third kappa shape index (κ3) is 6.99. The van der Waals surface area contributed by atoms with E-state index < -0.39 is 41.6 Å². The van der Waals surface area contributed by atoms with E-state index in [4.69, 9.17) is 16.3 Å². The fraction of sp³-hybridized carbons (Fsp3) is 0.387. The topological polar surface area (TPSA) is 92.1 Å². The van der Waals surface area contributed by atoms with Gasteiger partial charge >= 0.3 is 6.18 Å². The van der Waals surface area contributed by atoms with Crippen LogP contribution in [0.2, 0.25) is 5.02 Å². The number of ether oxygens (including phenoxy) is 1. The lowest BCUT2D eigenvalue weighted by molar-refractivity contribution is -0.138. The quantitative estimate of drug-likeness (QED) is 0.221. The van der Waals surface area contributed by atoms with Crippen LogP contribution in [0.3, 0.4) is 0 Å². The molecule has 0 saturated carbocycles. The number of nitrogens with zero attached hydrogens (tertiary/aromatic N) is 2. The van der Waals surface area contributed by atoms with E-state index in [2.05, 4.69) is 16.4 Å². The molecule has 11 heteroatoms. The van der Waals surface area contributed by atoms with Crippen molar-refractivity contribution in [3.8, 4) is 11.9 Å². The number of nitrogens with one attached hydrogen (secondary N) is 1. The van der Waals surface area contributed by atoms with Crippen molar-refractivity contribution < 1.29 is 27.3 Å². The molecule has 42 heavy (non-hydrogen) atoms. The molecule has 1 N–H and O–H groups in total. The smallest absolute Gasteiger partial charge is 0.417 e. The lowest BCUT2D eigenvalue weighted by Crippen LogP contribution is -2.56. The van der Waals surface area contributed by atoms with Crippen LogP contribution in [0.1, 0.15) is 56.9 Å². The highest BCUT2D eigenvalue weighted by molar-refractivity contribution is 7.65. The Kier molecular flexibility index (Phi) is 10.2. The van der Waals surface area contributed by atoms with Gasteiger partial charge in [0.05, 0.1) is 29.5 Å². The van der Waals surface area contributed by atoms with Gasteiger partial charge in [0.1, 0.15) is 0 Å². The predicted molar refractivity (Wildman–Crippen MR) is 158 cm³/mol. The molecule has 1 amide bonds. The Bertz CT molecular complexity index is 1480. The second-order valence-electron chi connectivity index (χ2n) is 10.6. The van der Waals surface area contributed by atoms with Crippen molar-refractivity contribution in [2.45, 2.75) is 64.0 Å². The molecule has 0 spiro atoms. The van der Waals surface area contributed by atoms with E-state index in [1.807, 2.05) is 32.0 Å². The molecule has 0 aliphatic rings. The minimum absolute atomic E-state index is 0.155. The molecule has 224 valence electrons. The lowest BCUT2D eigenvalue weighted by Gasteiger charge is -2.46. The van der Waals surface area contributed by atoms with Gasteiger partial charge in [-0.2, -0.15) is 18.4 Å². The van der Waals surface area contributed by atoms with Gasteiger partial charge in [-0.3, -0.25) is 4.79 Å². The molecule has 3 rings (SSSR count). The van der Waals surface area contributed by atoms with Crippen LogP contribution in [0.15, 0.2) is 66.9 Å². The molecule has 3 aromatic rings. The van der Waals surface area contributed by atoms with Crippen molar-refractivity contribution in [2.75, 3.05) is 12.3 Å². The number of hydrogen-bond donors (Lipinski definition) is 1. The maximum absolute atomic E-state index is 14.9. The Morgan fingerprint density at radius 1 is 1.07 bits per heavy atom. The maximum atomic E-state index is 14.9. The van der Waals surface area contributed by atoms with Gasteiger partial charge in [-0.15, -0.1) is 0 Å². The van der Waals surface area contributed by atoms with E-state index in [1.165, 1.54) is 13.8 Å². The molecule has 1 heterocycles. The zero-order valence-electron chi connectivity index (χ0n) is 24.1. The minimum atomic E-state index is -4.56. The van der Waals surface area contributed by atoms with Gasteiger partial charge in [-0.1, -0.05) is 49.7 Å². The molecule has 1 unspecified atom stereocenters. The van der Waals surface area contributed by atoms with Crippen molar-refractivity contribution in [1.29, 1.82) is 5.26 Å². The van der Waals surface area contributed by atoms with Crippen molar-refractivity contribution in [3.05, 3.63) is 94.1 Å². The summed E-state index contributed by atoms with van der Waals surface area (Å²) in [6, 6.07) is 17.4. The van der Waals surface area contributed by atoms with Crippen molar-refractivity contribution in [3.63, 3.8) is 0 Å². The van der Waals surface area contributed by atoms with Crippen molar-refractivity contribution >= 4 is 24.7 Å². The molecule has 1 aromatic heterocycles. The van der Waals surface area contributed by atoms with E-state index in [1.54, 1.807) is 37.3 Å². The van der Waals surface area contributed by atoms with E-state index in [0.29, 0.717) is 34.7 Å². The second kappa shape index (κ2) is 12.9. The van der Waals surface area contributed by atoms with E-state index in [9.17, 15) is 27.8 Å². The Hall–Kier alpha value is -3.34. The minimum Gasteiger partial charge on any atom is -0.462 e. The van der Waals surface area contributed by atoms with Gasteiger partial charge in [-0.05, 0) is 81.0 Å². The van der Waals surface area contributed by atoms with Gasteiger partial charge in [0.25, 0.3) is 5.91 Å². The number of carbonyl (C=O) groups is 1. The summed E-state index contributed by atoms with van der Waals surface area (Å²) in [7, 11) is -3.12. The molecule has 0 bridgehead atoms. The monoisotopic (exact) mass is 619 g/mol. The molecule has 2 aromatic carbocycles. The lowest BCUT2D eigenvalue weighted by atomic mass is 9.84. The van der Waals surface area contributed by atoms with Gasteiger partial charge in [0.2, 0.25) is 5.88 Å². The highest BCUT2D eigenvalue weighted by Gasteiger charge is 2.52. The Morgan fingerprint density at radius 2 is 1.71 bits per heavy atom. The van der Waals surface area contributed by atoms with Crippen LogP contribution in [-0.4, -0.2) is 34.9 Å². The Morgan fingerprint density at radius 3 is 2.24 bits per heavy atom. The van der Waals surface area contributed by atoms with Gasteiger partial charge < -0.3 is 14.6 Å². The van der Waals surface area contributed by atoms with Crippen LogP contribution >= 0.6 is 18.7 Å². The maximum Gasteiger partial charge on any atom is 0.417 e. The number of rotatable bonds is 11. The van der Waals surface area contributed by atoms with Crippen LogP contribution < -0.4 is 10.1 Å². The summed E-state index contributed by atoms with van der Waals surface area (Å²) < 4.78 is 59.6. The largest absolute Gasteiger partial charge is 0.462 e. The first kappa shape index (κ1) is 33.2. The molecule has 0 aliphatic heterocycles. The second-order valence-corrected chi connectivity index (χ2v) is 14.9. The zero-order chi connectivity index (χ0) is 31.3. The summed E-state index contributed by atoms with van der Waals surface area (Å²) in [6.07, 6.45) is -2.96. The molecule has 2 atom stereocenters. The van der Waals surface area contributed by atoms with Crippen molar-refractivity contribution in [1.82, 2.24) is 10.3 Å². The SMILES string of the molecule is CCP(=O)(CC)C(Cc1ccc(Cl)cc1)(c1cccc(C#N)c1)[C@H](C)NC(=O)C(C)(C)Oc1ccc(C(F)(F)F)cn1. The number of nitriles is 1. The third-order valence-electron chi connectivity index (χ3n) is 7.66. The highest BCUT2D eigenvalue weighted by Crippen LogP contribution is 2.66. The fourth-order valence-corrected chi connectivity index (χ4v) is 8.76. The van der Waals surface area contributed by atoms with Crippen LogP contribution in [-0.2, 0) is 27.1 Å². The average Bonchev–Trinajstić information content (AvgIpc) is 2.96.